The molecule has 1 fully saturated rings. The van der Waals surface area contributed by atoms with E-state index in [0.29, 0.717) is 5.92 Å². The van der Waals surface area contributed by atoms with Gasteiger partial charge in [0.25, 0.3) is 0 Å². The zero-order valence-electron chi connectivity index (χ0n) is 16.1. The highest BCUT2D eigenvalue weighted by molar-refractivity contribution is 5.64. The first-order valence-electron chi connectivity index (χ1n) is 9.98. The van der Waals surface area contributed by atoms with E-state index in [1.165, 1.54) is 17.7 Å². The van der Waals surface area contributed by atoms with Gasteiger partial charge >= 0.3 is 0 Å². The Morgan fingerprint density at radius 1 is 1.07 bits per heavy atom. The lowest BCUT2D eigenvalue weighted by Gasteiger charge is -2.31. The summed E-state index contributed by atoms with van der Waals surface area (Å²) in [6.07, 6.45) is 7.89. The number of rotatable bonds is 4. The van der Waals surface area contributed by atoms with E-state index in [1.807, 2.05) is 41.2 Å². The summed E-state index contributed by atoms with van der Waals surface area (Å²) in [5.41, 5.74) is 3.82. The molecule has 0 radical (unpaired) electrons. The summed E-state index contributed by atoms with van der Waals surface area (Å²) in [6.45, 7) is 2.94. The van der Waals surface area contributed by atoms with Gasteiger partial charge in [-0.1, -0.05) is 18.2 Å². The number of fused-ring (bicyclic) bond motifs is 1. The van der Waals surface area contributed by atoms with Crippen LogP contribution in [0.4, 0.5) is 4.39 Å². The Balaban J connectivity index is 1.37. The zero-order valence-corrected chi connectivity index (χ0v) is 16.1. The van der Waals surface area contributed by atoms with Crippen molar-refractivity contribution in [2.75, 3.05) is 13.1 Å². The number of benzene rings is 1. The van der Waals surface area contributed by atoms with Gasteiger partial charge in [-0.25, -0.2) is 13.9 Å². The lowest BCUT2D eigenvalue weighted by molar-refractivity contribution is 0.196. The van der Waals surface area contributed by atoms with Crippen LogP contribution in [0.3, 0.4) is 0 Å². The van der Waals surface area contributed by atoms with Crippen LogP contribution in [0.25, 0.3) is 16.8 Å². The lowest BCUT2D eigenvalue weighted by Crippen LogP contribution is -2.34. The Kier molecular flexibility index (Phi) is 4.77. The largest absolute Gasteiger partial charge is 0.298 e. The van der Waals surface area contributed by atoms with Crippen LogP contribution in [-0.4, -0.2) is 37.6 Å². The monoisotopic (exact) mass is 387 g/mol. The van der Waals surface area contributed by atoms with Crippen molar-refractivity contribution in [1.29, 1.82) is 0 Å². The third-order valence-electron chi connectivity index (χ3n) is 5.50. The smallest absolute Gasteiger partial charge is 0.156 e. The Morgan fingerprint density at radius 3 is 2.90 bits per heavy atom. The van der Waals surface area contributed by atoms with Crippen molar-refractivity contribution in [2.45, 2.75) is 25.3 Å². The fourth-order valence-electron chi connectivity index (χ4n) is 4.07. The molecule has 0 amide bonds. The van der Waals surface area contributed by atoms with Gasteiger partial charge in [-0.2, -0.15) is 5.10 Å². The molecule has 146 valence electrons. The molecule has 1 aliphatic heterocycles. The number of hydrogen-bond donors (Lipinski definition) is 0. The van der Waals surface area contributed by atoms with Gasteiger partial charge in [0.2, 0.25) is 0 Å². The van der Waals surface area contributed by atoms with E-state index in [4.69, 9.17) is 10.1 Å². The van der Waals surface area contributed by atoms with Crippen molar-refractivity contribution < 1.29 is 4.39 Å². The number of halogens is 1. The van der Waals surface area contributed by atoms with Crippen LogP contribution in [0, 0.1) is 5.82 Å². The van der Waals surface area contributed by atoms with Gasteiger partial charge in [0.15, 0.2) is 11.5 Å². The van der Waals surface area contributed by atoms with E-state index >= 15 is 0 Å². The number of likely N-dealkylation sites (tertiary alicyclic amines) is 1. The van der Waals surface area contributed by atoms with Crippen molar-refractivity contribution in [2.24, 2.45) is 0 Å². The molecular weight excluding hydrogens is 365 g/mol. The number of pyridine rings is 2. The summed E-state index contributed by atoms with van der Waals surface area (Å²) < 4.78 is 15.4. The third-order valence-corrected chi connectivity index (χ3v) is 5.50. The average Bonchev–Trinajstić information content (AvgIpc) is 3.18. The van der Waals surface area contributed by atoms with Gasteiger partial charge in [-0.05, 0) is 60.8 Å². The first-order valence-corrected chi connectivity index (χ1v) is 9.98. The molecule has 0 saturated carbocycles. The zero-order chi connectivity index (χ0) is 19.6. The first-order chi connectivity index (χ1) is 14.2. The highest BCUT2D eigenvalue weighted by atomic mass is 19.1. The van der Waals surface area contributed by atoms with E-state index in [1.54, 1.807) is 12.3 Å². The highest BCUT2D eigenvalue weighted by Crippen LogP contribution is 2.27. The minimum atomic E-state index is -0.238. The van der Waals surface area contributed by atoms with Crippen molar-refractivity contribution in [3.63, 3.8) is 0 Å². The molecule has 0 aliphatic carbocycles. The van der Waals surface area contributed by atoms with Crippen LogP contribution in [-0.2, 0) is 6.54 Å². The summed E-state index contributed by atoms with van der Waals surface area (Å²) in [5, 5.41) is 4.76. The maximum atomic E-state index is 13.6. The van der Waals surface area contributed by atoms with E-state index in [0.717, 1.165) is 55.1 Å². The molecule has 4 aromatic rings. The predicted octanol–water partition coefficient (Wildman–Crippen LogP) is 4.31. The molecule has 0 unspecified atom stereocenters. The molecule has 6 heteroatoms. The summed E-state index contributed by atoms with van der Waals surface area (Å²) >= 11 is 0. The van der Waals surface area contributed by atoms with Crippen LogP contribution in [0.2, 0.25) is 0 Å². The maximum absolute atomic E-state index is 13.6. The van der Waals surface area contributed by atoms with Gasteiger partial charge < -0.3 is 0 Å². The number of nitrogens with zero attached hydrogens (tertiary/aromatic N) is 5. The number of hydrogen-bond acceptors (Lipinski definition) is 4. The quantitative estimate of drug-likeness (QED) is 0.524. The van der Waals surface area contributed by atoms with E-state index in [-0.39, 0.29) is 5.82 Å². The second-order valence-electron chi connectivity index (χ2n) is 7.64. The van der Waals surface area contributed by atoms with Crippen molar-refractivity contribution in [3.05, 3.63) is 84.3 Å². The van der Waals surface area contributed by atoms with Gasteiger partial charge in [-0.3, -0.25) is 9.88 Å². The molecule has 3 aromatic heterocycles. The molecule has 0 bridgehead atoms. The molecule has 29 heavy (non-hydrogen) atoms. The van der Waals surface area contributed by atoms with Crippen molar-refractivity contribution >= 4 is 5.65 Å². The van der Waals surface area contributed by atoms with Crippen LogP contribution < -0.4 is 0 Å². The maximum Gasteiger partial charge on any atom is 0.156 e. The second-order valence-corrected chi connectivity index (χ2v) is 7.64. The third kappa shape index (κ3) is 3.89. The molecule has 0 spiro atoms. The molecule has 5 nitrogen and oxygen atoms in total. The van der Waals surface area contributed by atoms with Gasteiger partial charge in [0, 0.05) is 43.2 Å². The summed E-state index contributed by atoms with van der Waals surface area (Å²) in [5.74, 6) is 0.966. The normalized spacial score (nSPS) is 17.6. The van der Waals surface area contributed by atoms with Crippen LogP contribution in [0.1, 0.15) is 30.1 Å². The fraction of sp³-hybridized carbons (Fsp3) is 0.261. The Hall–Kier alpha value is -3.12. The Bertz CT molecular complexity index is 1120. The topological polar surface area (TPSA) is 46.3 Å². The molecule has 4 heterocycles. The summed E-state index contributed by atoms with van der Waals surface area (Å²) in [7, 11) is 0. The summed E-state index contributed by atoms with van der Waals surface area (Å²) in [6, 6.07) is 14.6. The Labute approximate surface area is 168 Å². The molecule has 1 atom stereocenters. The fourth-order valence-corrected chi connectivity index (χ4v) is 4.07. The van der Waals surface area contributed by atoms with Crippen LogP contribution in [0.15, 0.2) is 67.1 Å². The van der Waals surface area contributed by atoms with Crippen LogP contribution in [0.5, 0.6) is 0 Å². The molecule has 5 rings (SSSR count). The van der Waals surface area contributed by atoms with Crippen molar-refractivity contribution in [3.8, 4) is 11.1 Å². The van der Waals surface area contributed by atoms with Gasteiger partial charge in [-0.15, -0.1) is 0 Å². The molecule has 1 aliphatic rings. The Morgan fingerprint density at radius 2 is 2.03 bits per heavy atom. The van der Waals surface area contributed by atoms with E-state index < -0.39 is 0 Å². The average molecular weight is 387 g/mol. The second kappa shape index (κ2) is 7.72. The number of piperidine rings is 1. The molecule has 1 aromatic carbocycles. The van der Waals surface area contributed by atoms with Crippen molar-refractivity contribution in [1.82, 2.24) is 24.5 Å². The molecular formula is C23H22FN5. The predicted molar refractivity (Wildman–Crippen MR) is 110 cm³/mol. The lowest BCUT2D eigenvalue weighted by atomic mass is 9.97. The van der Waals surface area contributed by atoms with Gasteiger partial charge in [0.05, 0.1) is 0 Å². The molecule has 1 saturated heterocycles. The highest BCUT2D eigenvalue weighted by Gasteiger charge is 2.25. The van der Waals surface area contributed by atoms with E-state index in [9.17, 15) is 4.39 Å². The minimum Gasteiger partial charge on any atom is -0.298 e. The number of aromatic nitrogens is 4. The van der Waals surface area contributed by atoms with E-state index in [2.05, 4.69) is 16.0 Å². The summed E-state index contributed by atoms with van der Waals surface area (Å²) in [4.78, 5) is 11.4. The standard InChI is InChI=1S/C23H22FN5/c24-21-7-1-5-18(12-21)19-8-9-22-26-23(27-29(22)16-19)20-6-3-11-28(15-20)14-17-4-2-10-25-13-17/h1-2,4-5,7-10,12-13,16,20H,3,6,11,14-15H2/t20-/m1/s1. The van der Waals surface area contributed by atoms with Gasteiger partial charge in [0.1, 0.15) is 5.82 Å². The first kappa shape index (κ1) is 17.9. The molecule has 0 N–H and O–H groups in total. The van der Waals surface area contributed by atoms with Crippen LogP contribution >= 0.6 is 0 Å². The SMILES string of the molecule is Fc1cccc(-c2ccc3nc([C@@H]4CCCN(Cc5cccnc5)C4)nn3c2)c1. The minimum absolute atomic E-state index is 0.238.